The summed E-state index contributed by atoms with van der Waals surface area (Å²) >= 11 is 0. The molecule has 2 aromatic rings. The first-order chi connectivity index (χ1) is 9.24. The molecule has 19 heavy (non-hydrogen) atoms. The lowest BCUT2D eigenvalue weighted by Crippen LogP contribution is -2.13. The fraction of sp³-hybridized carbons (Fsp3) is 0.0667. The highest BCUT2D eigenvalue weighted by atomic mass is 16.5. The van der Waals surface area contributed by atoms with Crippen LogP contribution in [0.15, 0.2) is 42.7 Å². The van der Waals surface area contributed by atoms with E-state index in [9.17, 15) is 4.79 Å². The molecule has 1 aromatic heterocycles. The number of nitrogens with zero attached hydrogens (tertiary/aromatic N) is 1. The Labute approximate surface area is 111 Å². The van der Waals surface area contributed by atoms with Crippen molar-refractivity contribution in [2.45, 2.75) is 0 Å². The fourth-order valence-corrected chi connectivity index (χ4v) is 1.62. The number of carbonyl (C=O) groups excluding carboxylic acids is 1. The summed E-state index contributed by atoms with van der Waals surface area (Å²) in [5.41, 5.74) is 1.77. The van der Waals surface area contributed by atoms with E-state index in [1.165, 1.54) is 19.5 Å². The van der Waals surface area contributed by atoms with Gasteiger partial charge in [-0.05, 0) is 24.3 Å². The molecule has 1 N–H and O–H groups in total. The normalized spacial score (nSPS) is 9.47. The quantitative estimate of drug-likeness (QED) is 0.853. The average Bonchev–Trinajstić information content (AvgIpc) is 2.47. The van der Waals surface area contributed by atoms with Crippen LogP contribution < -0.4 is 10.1 Å². The summed E-state index contributed by atoms with van der Waals surface area (Å²) < 4.78 is 5.09. The molecule has 94 valence electrons. The van der Waals surface area contributed by atoms with E-state index in [2.05, 4.69) is 16.2 Å². The summed E-state index contributed by atoms with van der Waals surface area (Å²) in [4.78, 5) is 16.0. The van der Waals surface area contributed by atoms with Crippen molar-refractivity contribution in [2.24, 2.45) is 0 Å². The Hall–Kier alpha value is -2.80. The fourth-order valence-electron chi connectivity index (χ4n) is 1.62. The maximum atomic E-state index is 12.1. The molecule has 0 unspecified atom stereocenters. The Morgan fingerprint density at radius 1 is 1.42 bits per heavy atom. The Morgan fingerprint density at radius 2 is 2.26 bits per heavy atom. The van der Waals surface area contributed by atoms with Gasteiger partial charge in [0.25, 0.3) is 5.91 Å². The minimum Gasteiger partial charge on any atom is -0.494 e. The number of hydrogen-bond donors (Lipinski definition) is 1. The van der Waals surface area contributed by atoms with Crippen LogP contribution in [0.5, 0.6) is 5.75 Å². The van der Waals surface area contributed by atoms with Crippen LogP contribution in [0.4, 0.5) is 5.69 Å². The van der Waals surface area contributed by atoms with Crippen LogP contribution in [0.1, 0.15) is 15.9 Å². The number of methoxy groups -OCH3 is 1. The second-order valence-corrected chi connectivity index (χ2v) is 3.76. The Morgan fingerprint density at radius 3 is 3.00 bits per heavy atom. The van der Waals surface area contributed by atoms with E-state index in [4.69, 9.17) is 11.2 Å². The molecule has 1 amide bonds. The summed E-state index contributed by atoms with van der Waals surface area (Å²) in [7, 11) is 1.49. The number of carbonyl (C=O) groups is 1. The molecule has 0 saturated heterocycles. The van der Waals surface area contributed by atoms with Gasteiger partial charge in [-0.2, -0.15) is 0 Å². The van der Waals surface area contributed by atoms with Crippen LogP contribution in [-0.2, 0) is 0 Å². The topological polar surface area (TPSA) is 51.2 Å². The van der Waals surface area contributed by atoms with Crippen molar-refractivity contribution in [3.63, 3.8) is 0 Å². The van der Waals surface area contributed by atoms with Gasteiger partial charge in [0.05, 0.1) is 18.9 Å². The van der Waals surface area contributed by atoms with Crippen LogP contribution >= 0.6 is 0 Å². The smallest absolute Gasteiger partial charge is 0.259 e. The summed E-state index contributed by atoms with van der Waals surface area (Å²) in [6.45, 7) is 0. The molecule has 4 nitrogen and oxygen atoms in total. The number of anilines is 1. The highest BCUT2D eigenvalue weighted by Gasteiger charge is 2.12. The van der Waals surface area contributed by atoms with E-state index >= 15 is 0 Å². The lowest BCUT2D eigenvalue weighted by Gasteiger charge is -2.08. The van der Waals surface area contributed by atoms with E-state index in [1.807, 2.05) is 0 Å². The minimum atomic E-state index is -0.270. The number of rotatable bonds is 3. The van der Waals surface area contributed by atoms with Crippen LogP contribution in [0.25, 0.3) is 0 Å². The number of aromatic nitrogens is 1. The van der Waals surface area contributed by atoms with Gasteiger partial charge in [0.2, 0.25) is 0 Å². The summed E-state index contributed by atoms with van der Waals surface area (Å²) in [6, 6.07) is 8.68. The van der Waals surface area contributed by atoms with E-state index < -0.39 is 0 Å². The molecule has 0 spiro atoms. The third kappa shape index (κ3) is 2.90. The molecule has 0 saturated carbocycles. The standard InChI is InChI=1S/C15H12N2O2/c1-3-11-5-4-6-12(9-11)17-15(18)13-7-8-16-10-14(13)19-2/h1,4-10H,2H3,(H,17,18). The Kier molecular flexibility index (Phi) is 3.79. The van der Waals surface area contributed by atoms with E-state index in [-0.39, 0.29) is 5.91 Å². The van der Waals surface area contributed by atoms with E-state index in [0.717, 1.165) is 0 Å². The zero-order valence-corrected chi connectivity index (χ0v) is 10.4. The van der Waals surface area contributed by atoms with E-state index in [1.54, 1.807) is 30.3 Å². The highest BCUT2D eigenvalue weighted by Crippen LogP contribution is 2.18. The molecule has 0 radical (unpaired) electrons. The molecular formula is C15H12N2O2. The van der Waals surface area contributed by atoms with Gasteiger partial charge in [0, 0.05) is 17.4 Å². The molecule has 0 fully saturated rings. The predicted octanol–water partition coefficient (Wildman–Crippen LogP) is 2.32. The third-order valence-corrected chi connectivity index (χ3v) is 2.54. The number of benzene rings is 1. The largest absolute Gasteiger partial charge is 0.494 e. The molecule has 1 aromatic carbocycles. The SMILES string of the molecule is C#Cc1cccc(NC(=O)c2ccncc2OC)c1. The molecule has 0 aliphatic rings. The Bertz CT molecular complexity index is 645. The minimum absolute atomic E-state index is 0.270. The monoisotopic (exact) mass is 252 g/mol. The summed E-state index contributed by atoms with van der Waals surface area (Å²) in [5, 5.41) is 2.77. The van der Waals surface area contributed by atoms with Gasteiger partial charge in [0.1, 0.15) is 5.75 Å². The van der Waals surface area contributed by atoms with Crippen molar-refractivity contribution in [3.8, 4) is 18.1 Å². The maximum Gasteiger partial charge on any atom is 0.259 e. The number of hydrogen-bond acceptors (Lipinski definition) is 3. The summed E-state index contributed by atoms with van der Waals surface area (Å²) in [5.74, 6) is 2.67. The number of amides is 1. The van der Waals surface area contributed by atoms with Crippen LogP contribution in [0, 0.1) is 12.3 Å². The first-order valence-corrected chi connectivity index (χ1v) is 5.60. The lowest BCUT2D eigenvalue weighted by atomic mass is 10.2. The van der Waals surface area contributed by atoms with Gasteiger partial charge in [-0.25, -0.2) is 0 Å². The van der Waals surface area contributed by atoms with Crippen molar-refractivity contribution in [3.05, 3.63) is 53.9 Å². The number of pyridine rings is 1. The molecule has 2 rings (SSSR count). The number of terminal acetylenes is 1. The summed E-state index contributed by atoms with van der Waals surface area (Å²) in [6.07, 6.45) is 8.35. The van der Waals surface area contributed by atoms with Crippen molar-refractivity contribution >= 4 is 11.6 Å². The molecule has 1 heterocycles. The molecule has 0 atom stereocenters. The van der Waals surface area contributed by atoms with Crippen molar-refractivity contribution < 1.29 is 9.53 Å². The van der Waals surface area contributed by atoms with Gasteiger partial charge in [-0.15, -0.1) is 6.42 Å². The zero-order chi connectivity index (χ0) is 13.7. The molecule has 0 bridgehead atoms. The lowest BCUT2D eigenvalue weighted by molar-refractivity contribution is 0.102. The van der Waals surface area contributed by atoms with E-state index in [0.29, 0.717) is 22.6 Å². The number of ether oxygens (including phenoxy) is 1. The first kappa shape index (κ1) is 12.7. The number of nitrogens with one attached hydrogen (secondary N) is 1. The average molecular weight is 252 g/mol. The highest BCUT2D eigenvalue weighted by molar-refractivity contribution is 6.06. The Balaban J connectivity index is 2.23. The molecular weight excluding hydrogens is 240 g/mol. The second-order valence-electron chi connectivity index (χ2n) is 3.76. The van der Waals surface area contributed by atoms with Crippen molar-refractivity contribution in [1.82, 2.24) is 4.98 Å². The van der Waals surface area contributed by atoms with Crippen LogP contribution in [0.3, 0.4) is 0 Å². The van der Waals surface area contributed by atoms with Crippen molar-refractivity contribution in [2.75, 3.05) is 12.4 Å². The predicted molar refractivity (Wildman–Crippen MR) is 73.1 cm³/mol. The van der Waals surface area contributed by atoms with Crippen LogP contribution in [0.2, 0.25) is 0 Å². The first-order valence-electron chi connectivity index (χ1n) is 5.60. The molecule has 4 heteroatoms. The van der Waals surface area contributed by atoms with Gasteiger partial charge in [-0.3, -0.25) is 9.78 Å². The van der Waals surface area contributed by atoms with Gasteiger partial charge < -0.3 is 10.1 Å². The zero-order valence-electron chi connectivity index (χ0n) is 10.4. The van der Waals surface area contributed by atoms with Gasteiger partial charge in [-0.1, -0.05) is 12.0 Å². The maximum absolute atomic E-state index is 12.1. The van der Waals surface area contributed by atoms with Crippen LogP contribution in [-0.4, -0.2) is 18.0 Å². The van der Waals surface area contributed by atoms with Crippen molar-refractivity contribution in [1.29, 1.82) is 0 Å². The second kappa shape index (κ2) is 5.69. The van der Waals surface area contributed by atoms with Gasteiger partial charge >= 0.3 is 0 Å². The third-order valence-electron chi connectivity index (χ3n) is 2.54. The molecule has 0 aliphatic carbocycles. The molecule has 0 aliphatic heterocycles. The van der Waals surface area contributed by atoms with Gasteiger partial charge in [0.15, 0.2) is 0 Å².